The molecular weight excluding hydrogens is 472 g/mol. The largest absolute Gasteiger partial charge is 0.489 e. The third-order valence-electron chi connectivity index (χ3n) is 7.03. The summed E-state index contributed by atoms with van der Waals surface area (Å²) in [5, 5.41) is 7.58. The van der Waals surface area contributed by atoms with Crippen molar-refractivity contribution in [1.82, 2.24) is 0 Å². The number of nitrogens with zero attached hydrogens (tertiary/aromatic N) is 2. The Morgan fingerprint density at radius 2 is 1.69 bits per heavy atom. The fourth-order valence-electron chi connectivity index (χ4n) is 5.38. The van der Waals surface area contributed by atoms with Crippen molar-refractivity contribution in [2.45, 2.75) is 11.6 Å². The van der Waals surface area contributed by atoms with Gasteiger partial charge in [-0.05, 0) is 34.4 Å². The Morgan fingerprint density at radius 3 is 2.60 bits per heavy atom. The lowest BCUT2D eigenvalue weighted by molar-refractivity contribution is -0.712. The summed E-state index contributed by atoms with van der Waals surface area (Å²) in [6.07, 6.45) is 2.21. The Hall–Kier alpha value is -3.32. The minimum Gasteiger partial charge on any atom is -0.489 e. The Bertz CT molecular complexity index is 1750. The number of benzene rings is 4. The van der Waals surface area contributed by atoms with Crippen molar-refractivity contribution in [3.8, 4) is 0 Å². The van der Waals surface area contributed by atoms with Crippen molar-refractivity contribution in [1.29, 1.82) is 0 Å². The molecule has 0 bridgehead atoms. The molecule has 0 radical (unpaired) electrons. The second kappa shape index (κ2) is 7.59. The number of thioether (sulfide) groups is 1. The summed E-state index contributed by atoms with van der Waals surface area (Å²) in [6, 6.07) is 26.2. The lowest BCUT2D eigenvalue weighted by Gasteiger charge is -2.27. The van der Waals surface area contributed by atoms with Crippen LogP contribution < -0.4 is 9.47 Å². The highest BCUT2D eigenvalue weighted by atomic mass is 32.2. The molecule has 0 aliphatic carbocycles. The van der Waals surface area contributed by atoms with Crippen molar-refractivity contribution in [3.05, 3.63) is 94.7 Å². The van der Waals surface area contributed by atoms with Gasteiger partial charge >= 0.3 is 0 Å². The molecule has 3 aliphatic heterocycles. The molecule has 5 aromatic rings. The molecule has 1 aromatic heterocycles. The summed E-state index contributed by atoms with van der Waals surface area (Å²) < 4.78 is 16.0. The predicted octanol–water partition coefficient (Wildman–Crippen LogP) is 6.68. The third-order valence-corrected chi connectivity index (χ3v) is 9.59. The average Bonchev–Trinajstić information content (AvgIpc) is 3.49. The normalized spacial score (nSPS) is 18.3. The zero-order chi connectivity index (χ0) is 22.9. The minimum absolute atomic E-state index is 0.579. The molecule has 6 heteroatoms. The second-order valence-corrected chi connectivity index (χ2v) is 11.0. The monoisotopic (exact) mass is 493 g/mol. The molecule has 0 unspecified atom stereocenters. The number of allylic oxidation sites excluding steroid dienone is 1. The molecule has 4 heterocycles. The van der Waals surface area contributed by atoms with Crippen molar-refractivity contribution >= 4 is 66.1 Å². The van der Waals surface area contributed by atoms with Crippen LogP contribution in [0.3, 0.4) is 0 Å². The van der Waals surface area contributed by atoms with Gasteiger partial charge in [0.05, 0.1) is 24.4 Å². The van der Waals surface area contributed by atoms with Crippen LogP contribution in [-0.4, -0.2) is 19.8 Å². The van der Waals surface area contributed by atoms with Crippen LogP contribution in [0.2, 0.25) is 0 Å². The van der Waals surface area contributed by atoms with E-state index >= 15 is 0 Å². The number of fused-ring (bicyclic) bond motifs is 10. The standard InChI is InChI=1S/C29H21N2O2S2/c1-3-7-21-18(5-1)9-11-23-26(21)35-29-25(33-14-13-30(23)29)15-20-16-32-17-31-24-12-10-19-6-2-4-8-22(19)27(24)34-28(20)31/h1-12,15H,13-14,16-17H2/q+1. The summed E-state index contributed by atoms with van der Waals surface area (Å²) in [5.41, 5.74) is 3.69. The lowest BCUT2D eigenvalue weighted by atomic mass is 10.1. The van der Waals surface area contributed by atoms with E-state index in [1.54, 1.807) is 0 Å². The summed E-state index contributed by atoms with van der Waals surface area (Å²) in [5.74, 6) is 0.941. The first-order valence-corrected chi connectivity index (χ1v) is 13.5. The van der Waals surface area contributed by atoms with E-state index in [4.69, 9.17) is 9.47 Å². The highest BCUT2D eigenvalue weighted by Crippen LogP contribution is 2.51. The maximum atomic E-state index is 6.28. The molecular formula is C29H21N2O2S2+. The van der Waals surface area contributed by atoms with Gasteiger partial charge in [-0.2, -0.15) is 4.57 Å². The van der Waals surface area contributed by atoms with Crippen LogP contribution in [-0.2, 0) is 16.2 Å². The maximum absolute atomic E-state index is 6.28. The average molecular weight is 494 g/mol. The molecule has 0 saturated heterocycles. The zero-order valence-electron chi connectivity index (χ0n) is 18.9. The zero-order valence-corrected chi connectivity index (χ0v) is 20.5. The second-order valence-electron chi connectivity index (χ2n) is 9.02. The molecule has 0 saturated carbocycles. The van der Waals surface area contributed by atoms with E-state index < -0.39 is 0 Å². The first-order valence-electron chi connectivity index (χ1n) is 11.8. The number of hydrogen-bond donors (Lipinski definition) is 0. The van der Waals surface area contributed by atoms with Crippen LogP contribution in [0.1, 0.15) is 5.01 Å². The van der Waals surface area contributed by atoms with Gasteiger partial charge in [0, 0.05) is 16.3 Å². The molecule has 35 heavy (non-hydrogen) atoms. The van der Waals surface area contributed by atoms with Gasteiger partial charge in [0.15, 0.2) is 5.76 Å². The van der Waals surface area contributed by atoms with E-state index in [9.17, 15) is 0 Å². The number of ether oxygens (including phenoxy) is 2. The first-order chi connectivity index (χ1) is 17.3. The highest BCUT2D eigenvalue weighted by Gasteiger charge is 2.34. The van der Waals surface area contributed by atoms with Crippen molar-refractivity contribution in [2.24, 2.45) is 0 Å². The van der Waals surface area contributed by atoms with Crippen molar-refractivity contribution in [3.63, 3.8) is 0 Å². The Labute approximate surface area is 210 Å². The Balaban J connectivity index is 1.28. The van der Waals surface area contributed by atoms with Crippen LogP contribution >= 0.6 is 23.1 Å². The van der Waals surface area contributed by atoms with E-state index in [0.29, 0.717) is 19.9 Å². The quantitative estimate of drug-likeness (QED) is 0.243. The van der Waals surface area contributed by atoms with Gasteiger partial charge < -0.3 is 14.4 Å². The molecule has 4 nitrogen and oxygen atoms in total. The molecule has 4 aromatic carbocycles. The highest BCUT2D eigenvalue weighted by molar-refractivity contribution is 8.04. The van der Waals surface area contributed by atoms with Crippen LogP contribution in [0.15, 0.2) is 94.6 Å². The first kappa shape index (κ1) is 19.9. The number of rotatable bonds is 1. The van der Waals surface area contributed by atoms with Gasteiger partial charge in [-0.25, -0.2) is 0 Å². The van der Waals surface area contributed by atoms with E-state index in [2.05, 4.69) is 88.3 Å². The molecule has 3 aliphatic rings. The molecule has 0 spiro atoms. The van der Waals surface area contributed by atoms with E-state index in [-0.39, 0.29) is 0 Å². The smallest absolute Gasteiger partial charge is 0.270 e. The van der Waals surface area contributed by atoms with Gasteiger partial charge in [-0.3, -0.25) is 0 Å². The van der Waals surface area contributed by atoms with Gasteiger partial charge in [0.1, 0.15) is 16.3 Å². The van der Waals surface area contributed by atoms with Crippen LogP contribution in [0, 0.1) is 0 Å². The fourth-order valence-corrected chi connectivity index (χ4v) is 7.95. The minimum atomic E-state index is 0.579. The maximum Gasteiger partial charge on any atom is 0.270 e. The Morgan fingerprint density at radius 1 is 0.886 bits per heavy atom. The summed E-state index contributed by atoms with van der Waals surface area (Å²) in [6.45, 7) is 2.71. The SMILES string of the molecule is C(=C1COC[n+]2c1sc1c3ccccc3ccc12)C1=C2Sc3c(ccc4ccccc34)N2CCO1. The van der Waals surface area contributed by atoms with Gasteiger partial charge in [-0.1, -0.05) is 77.7 Å². The number of aromatic nitrogens is 1. The van der Waals surface area contributed by atoms with Gasteiger partial charge in [-0.15, -0.1) is 0 Å². The van der Waals surface area contributed by atoms with E-state index in [1.165, 1.54) is 58.0 Å². The van der Waals surface area contributed by atoms with Crippen LogP contribution in [0.4, 0.5) is 5.69 Å². The fraction of sp³-hybridized carbons (Fsp3) is 0.138. The summed E-state index contributed by atoms with van der Waals surface area (Å²) in [7, 11) is 0. The van der Waals surface area contributed by atoms with Gasteiger partial charge in [0.25, 0.3) is 11.7 Å². The van der Waals surface area contributed by atoms with Crippen molar-refractivity contribution in [2.75, 3.05) is 24.7 Å². The third kappa shape index (κ3) is 2.94. The molecule has 170 valence electrons. The predicted molar refractivity (Wildman–Crippen MR) is 144 cm³/mol. The van der Waals surface area contributed by atoms with Crippen molar-refractivity contribution < 1.29 is 14.0 Å². The lowest BCUT2D eigenvalue weighted by Crippen LogP contribution is -2.41. The summed E-state index contributed by atoms with van der Waals surface area (Å²) >= 11 is 3.68. The van der Waals surface area contributed by atoms with Crippen LogP contribution in [0.25, 0.3) is 37.3 Å². The van der Waals surface area contributed by atoms with Gasteiger partial charge in [0.2, 0.25) is 5.52 Å². The van der Waals surface area contributed by atoms with E-state index in [1.807, 2.05) is 23.1 Å². The summed E-state index contributed by atoms with van der Waals surface area (Å²) in [4.78, 5) is 3.74. The number of anilines is 1. The molecule has 0 N–H and O–H groups in total. The van der Waals surface area contributed by atoms with E-state index in [0.717, 1.165) is 12.3 Å². The Kier molecular flexibility index (Phi) is 4.32. The van der Waals surface area contributed by atoms with Crippen LogP contribution in [0.5, 0.6) is 0 Å². The molecule has 0 amide bonds. The topological polar surface area (TPSA) is 25.6 Å². The molecule has 0 fully saturated rings. The number of thiazole rings is 1. The molecule has 8 rings (SSSR count). The molecule has 0 atom stereocenters. The number of hydrogen-bond acceptors (Lipinski definition) is 5.